The highest BCUT2D eigenvalue weighted by Crippen LogP contribution is 2.14. The van der Waals surface area contributed by atoms with Crippen molar-refractivity contribution >= 4 is 11.9 Å². The molecule has 0 bridgehead atoms. The molecule has 7 nitrogen and oxygen atoms in total. The minimum absolute atomic E-state index is 0.0760. The average molecular weight is 250 g/mol. The zero-order valence-electron chi connectivity index (χ0n) is 10.3. The quantitative estimate of drug-likeness (QED) is 0.749. The van der Waals surface area contributed by atoms with Crippen molar-refractivity contribution in [3.8, 4) is 0 Å². The number of aromatic nitrogens is 3. The van der Waals surface area contributed by atoms with E-state index in [9.17, 15) is 9.59 Å². The number of rotatable bonds is 2. The van der Waals surface area contributed by atoms with E-state index in [-0.39, 0.29) is 17.1 Å². The molecule has 0 atom stereocenters. The Kier molecular flexibility index (Phi) is 3.14. The predicted octanol–water partition coefficient (Wildman–Crippen LogP) is 0.0413. The minimum Gasteiger partial charge on any atom is -0.478 e. The molecule has 0 fully saturated rings. The Hall–Kier alpha value is -2.18. The van der Waals surface area contributed by atoms with Gasteiger partial charge in [0.15, 0.2) is 5.82 Å². The molecule has 1 aliphatic heterocycles. The maximum absolute atomic E-state index is 12.1. The molecule has 0 spiro atoms. The molecule has 0 saturated carbocycles. The molecule has 18 heavy (non-hydrogen) atoms. The largest absolute Gasteiger partial charge is 0.478 e. The molecule has 0 aliphatic carbocycles. The molecular formula is C11H14N4O3. The van der Waals surface area contributed by atoms with E-state index < -0.39 is 5.97 Å². The molecule has 2 heterocycles. The molecule has 0 aromatic carbocycles. The van der Waals surface area contributed by atoms with Gasteiger partial charge in [-0.2, -0.15) is 0 Å². The first-order valence-electron chi connectivity index (χ1n) is 5.57. The number of aliphatic carboxylic acids is 1. The number of fused-ring (bicyclic) bond motifs is 1. The van der Waals surface area contributed by atoms with Crippen LogP contribution < -0.4 is 0 Å². The summed E-state index contributed by atoms with van der Waals surface area (Å²) in [5, 5.41) is 16.6. The van der Waals surface area contributed by atoms with Crippen molar-refractivity contribution in [2.75, 3.05) is 6.54 Å². The number of amides is 1. The van der Waals surface area contributed by atoms with Gasteiger partial charge in [-0.3, -0.25) is 4.79 Å². The van der Waals surface area contributed by atoms with Crippen LogP contribution in [0.2, 0.25) is 0 Å². The van der Waals surface area contributed by atoms with Crippen LogP contribution in [0.5, 0.6) is 0 Å². The lowest BCUT2D eigenvalue weighted by Gasteiger charge is -2.27. The van der Waals surface area contributed by atoms with Crippen LogP contribution in [0.1, 0.15) is 19.7 Å². The van der Waals surface area contributed by atoms with Gasteiger partial charge in [0.05, 0.1) is 6.54 Å². The Bertz CT molecular complexity index is 532. The molecule has 1 amide bonds. The summed E-state index contributed by atoms with van der Waals surface area (Å²) in [7, 11) is 0. The highest BCUT2D eigenvalue weighted by Gasteiger charge is 2.24. The maximum Gasteiger partial charge on any atom is 0.331 e. The SMILES string of the molecule is CC(C(=O)O)=C(C)C(=O)N1CCn2cnnc2C1. The molecule has 0 radical (unpaired) electrons. The molecule has 96 valence electrons. The van der Waals surface area contributed by atoms with Crippen molar-refractivity contribution in [3.63, 3.8) is 0 Å². The second-order valence-electron chi connectivity index (χ2n) is 4.22. The first kappa shape index (κ1) is 12.3. The number of carboxylic acids is 1. The minimum atomic E-state index is -1.07. The van der Waals surface area contributed by atoms with E-state index in [0.29, 0.717) is 19.6 Å². The van der Waals surface area contributed by atoms with Crippen LogP contribution >= 0.6 is 0 Å². The zero-order valence-corrected chi connectivity index (χ0v) is 10.3. The van der Waals surface area contributed by atoms with Gasteiger partial charge in [-0.05, 0) is 13.8 Å². The number of hydrogen-bond acceptors (Lipinski definition) is 4. The van der Waals surface area contributed by atoms with Crippen molar-refractivity contribution in [1.29, 1.82) is 0 Å². The highest BCUT2D eigenvalue weighted by molar-refractivity contribution is 6.01. The predicted molar refractivity (Wildman–Crippen MR) is 61.4 cm³/mol. The average Bonchev–Trinajstić information content (AvgIpc) is 2.82. The maximum atomic E-state index is 12.1. The molecule has 1 aliphatic rings. The van der Waals surface area contributed by atoms with Gasteiger partial charge >= 0.3 is 5.97 Å². The van der Waals surface area contributed by atoms with Gasteiger partial charge in [-0.1, -0.05) is 0 Å². The van der Waals surface area contributed by atoms with Crippen LogP contribution in [0.4, 0.5) is 0 Å². The van der Waals surface area contributed by atoms with Crippen LogP contribution in [-0.2, 0) is 22.7 Å². The van der Waals surface area contributed by atoms with Gasteiger partial charge in [-0.25, -0.2) is 4.79 Å². The van der Waals surface area contributed by atoms with E-state index in [1.807, 2.05) is 4.57 Å². The summed E-state index contributed by atoms with van der Waals surface area (Å²) in [5.74, 6) is -0.611. The lowest BCUT2D eigenvalue weighted by Crippen LogP contribution is -2.39. The number of hydrogen-bond donors (Lipinski definition) is 1. The van der Waals surface area contributed by atoms with E-state index >= 15 is 0 Å². The number of nitrogens with zero attached hydrogens (tertiary/aromatic N) is 4. The van der Waals surface area contributed by atoms with Gasteiger partial charge in [0.2, 0.25) is 5.91 Å². The van der Waals surface area contributed by atoms with E-state index in [2.05, 4.69) is 10.2 Å². The first-order valence-corrected chi connectivity index (χ1v) is 5.57. The lowest BCUT2D eigenvalue weighted by atomic mass is 10.1. The van der Waals surface area contributed by atoms with Crippen LogP contribution in [0.3, 0.4) is 0 Å². The third kappa shape index (κ3) is 2.11. The Morgan fingerprint density at radius 1 is 1.28 bits per heavy atom. The molecule has 0 unspecified atom stereocenters. The standard InChI is InChI=1S/C11H14N4O3/c1-7(8(2)11(17)18)10(16)14-3-4-15-6-12-13-9(15)5-14/h6H,3-5H2,1-2H3,(H,17,18). The highest BCUT2D eigenvalue weighted by atomic mass is 16.4. The topological polar surface area (TPSA) is 88.3 Å². The summed E-state index contributed by atoms with van der Waals surface area (Å²) < 4.78 is 1.88. The summed E-state index contributed by atoms with van der Waals surface area (Å²) in [4.78, 5) is 24.5. The number of carbonyl (C=O) groups excluding carboxylic acids is 1. The van der Waals surface area contributed by atoms with E-state index in [1.165, 1.54) is 13.8 Å². The van der Waals surface area contributed by atoms with Crippen LogP contribution in [-0.4, -0.2) is 43.2 Å². The molecule has 1 aromatic heterocycles. The fourth-order valence-electron chi connectivity index (χ4n) is 1.80. The number of carboxylic acid groups (broad SMARTS) is 1. The van der Waals surface area contributed by atoms with Crippen molar-refractivity contribution in [2.45, 2.75) is 26.9 Å². The van der Waals surface area contributed by atoms with Gasteiger partial charge in [0.1, 0.15) is 6.33 Å². The molecular weight excluding hydrogens is 236 g/mol. The second-order valence-corrected chi connectivity index (χ2v) is 4.22. The normalized spacial score (nSPS) is 16.0. The molecule has 1 N–H and O–H groups in total. The summed E-state index contributed by atoms with van der Waals surface area (Å²) in [6, 6.07) is 0. The third-order valence-electron chi connectivity index (χ3n) is 3.13. The Labute approximate surface area is 104 Å². The Morgan fingerprint density at radius 2 is 2.00 bits per heavy atom. The smallest absolute Gasteiger partial charge is 0.331 e. The zero-order chi connectivity index (χ0) is 13.3. The summed E-state index contributed by atoms with van der Waals surface area (Å²) in [6.07, 6.45) is 1.63. The lowest BCUT2D eigenvalue weighted by molar-refractivity contribution is -0.134. The molecule has 0 saturated heterocycles. The van der Waals surface area contributed by atoms with Crippen LogP contribution in [0.25, 0.3) is 0 Å². The second kappa shape index (κ2) is 4.59. The Morgan fingerprint density at radius 3 is 2.67 bits per heavy atom. The summed E-state index contributed by atoms with van der Waals surface area (Å²) >= 11 is 0. The van der Waals surface area contributed by atoms with E-state index in [0.717, 1.165) is 5.82 Å². The summed E-state index contributed by atoms with van der Waals surface area (Å²) in [5.41, 5.74) is 0.336. The van der Waals surface area contributed by atoms with Crippen molar-refractivity contribution in [3.05, 3.63) is 23.3 Å². The van der Waals surface area contributed by atoms with Crippen molar-refractivity contribution < 1.29 is 14.7 Å². The third-order valence-corrected chi connectivity index (χ3v) is 3.13. The van der Waals surface area contributed by atoms with Crippen LogP contribution in [0, 0.1) is 0 Å². The fraction of sp³-hybridized carbons (Fsp3) is 0.455. The van der Waals surface area contributed by atoms with E-state index in [4.69, 9.17) is 5.11 Å². The number of carbonyl (C=O) groups is 2. The van der Waals surface area contributed by atoms with Crippen molar-refractivity contribution in [1.82, 2.24) is 19.7 Å². The molecule has 7 heteroatoms. The van der Waals surface area contributed by atoms with E-state index in [1.54, 1.807) is 11.2 Å². The van der Waals surface area contributed by atoms with Crippen molar-refractivity contribution in [2.24, 2.45) is 0 Å². The fourth-order valence-corrected chi connectivity index (χ4v) is 1.80. The van der Waals surface area contributed by atoms with Crippen LogP contribution in [0.15, 0.2) is 17.5 Å². The van der Waals surface area contributed by atoms with Gasteiger partial charge in [0.25, 0.3) is 0 Å². The monoisotopic (exact) mass is 250 g/mol. The summed E-state index contributed by atoms with van der Waals surface area (Å²) in [6.45, 7) is 4.50. The van der Waals surface area contributed by atoms with Gasteiger partial charge < -0.3 is 14.6 Å². The first-order chi connectivity index (χ1) is 8.50. The molecule has 2 rings (SSSR count). The van der Waals surface area contributed by atoms with Gasteiger partial charge in [0, 0.05) is 24.2 Å². The van der Waals surface area contributed by atoms with Gasteiger partial charge in [-0.15, -0.1) is 10.2 Å². The molecule has 1 aromatic rings. The Balaban J connectivity index is 2.18.